The van der Waals surface area contributed by atoms with E-state index in [-0.39, 0.29) is 6.29 Å². The molecule has 3 heteroatoms. The molecular formula is C7H15BrO2. The summed E-state index contributed by atoms with van der Waals surface area (Å²) in [7, 11) is 3.30. The summed E-state index contributed by atoms with van der Waals surface area (Å²) in [4.78, 5) is 0.312. The predicted octanol–water partition coefficient (Wildman–Crippen LogP) is 2.17. The average Bonchev–Trinajstić information content (AvgIpc) is 1.91. The number of rotatable bonds is 5. The maximum atomic E-state index is 5.04. The van der Waals surface area contributed by atoms with E-state index in [4.69, 9.17) is 9.47 Å². The summed E-state index contributed by atoms with van der Waals surface area (Å²) in [5.74, 6) is 0. The van der Waals surface area contributed by atoms with Crippen LogP contribution in [0.5, 0.6) is 0 Å². The van der Waals surface area contributed by atoms with Gasteiger partial charge in [-0.15, -0.1) is 0 Å². The molecule has 1 atom stereocenters. The van der Waals surface area contributed by atoms with Gasteiger partial charge in [0.2, 0.25) is 0 Å². The third kappa shape index (κ3) is 3.54. The topological polar surface area (TPSA) is 18.5 Å². The van der Waals surface area contributed by atoms with Crippen molar-refractivity contribution in [2.45, 2.75) is 30.9 Å². The molecule has 0 aromatic heterocycles. The van der Waals surface area contributed by atoms with Crippen molar-refractivity contribution < 1.29 is 9.47 Å². The van der Waals surface area contributed by atoms with E-state index >= 15 is 0 Å². The van der Waals surface area contributed by atoms with Crippen LogP contribution < -0.4 is 0 Å². The van der Waals surface area contributed by atoms with Gasteiger partial charge >= 0.3 is 0 Å². The molecule has 0 N–H and O–H groups in total. The molecule has 1 unspecified atom stereocenters. The Hall–Kier alpha value is 0.400. The van der Waals surface area contributed by atoms with Gasteiger partial charge in [-0.1, -0.05) is 29.3 Å². The van der Waals surface area contributed by atoms with Crippen LogP contribution in [0, 0.1) is 0 Å². The van der Waals surface area contributed by atoms with E-state index in [1.807, 2.05) is 0 Å². The van der Waals surface area contributed by atoms with E-state index in [1.54, 1.807) is 14.2 Å². The van der Waals surface area contributed by atoms with Crippen molar-refractivity contribution in [3.63, 3.8) is 0 Å². The molecular weight excluding hydrogens is 196 g/mol. The second-order valence-corrected chi connectivity index (χ2v) is 3.32. The summed E-state index contributed by atoms with van der Waals surface area (Å²) in [6, 6.07) is 0. The molecule has 0 saturated carbocycles. The first-order valence-corrected chi connectivity index (χ1v) is 4.37. The molecule has 0 fully saturated rings. The van der Waals surface area contributed by atoms with Crippen LogP contribution in [0.1, 0.15) is 19.8 Å². The van der Waals surface area contributed by atoms with E-state index in [1.165, 1.54) is 0 Å². The molecule has 2 nitrogen and oxygen atoms in total. The van der Waals surface area contributed by atoms with Crippen molar-refractivity contribution >= 4 is 15.9 Å². The second-order valence-electron chi connectivity index (χ2n) is 2.14. The van der Waals surface area contributed by atoms with Crippen LogP contribution >= 0.6 is 15.9 Å². The van der Waals surface area contributed by atoms with E-state index in [2.05, 4.69) is 22.9 Å². The molecule has 0 bridgehead atoms. The van der Waals surface area contributed by atoms with E-state index in [0.717, 1.165) is 12.8 Å². The van der Waals surface area contributed by atoms with Gasteiger partial charge in [-0.2, -0.15) is 0 Å². The van der Waals surface area contributed by atoms with Crippen molar-refractivity contribution in [3.8, 4) is 0 Å². The third-order valence-corrected chi connectivity index (χ3v) is 2.21. The van der Waals surface area contributed by atoms with Crippen molar-refractivity contribution in [2.24, 2.45) is 0 Å². The predicted molar refractivity (Wildman–Crippen MR) is 45.4 cm³/mol. The lowest BCUT2D eigenvalue weighted by molar-refractivity contribution is -0.101. The largest absolute Gasteiger partial charge is 0.355 e. The Bertz CT molecular complexity index is 74.0. The number of ether oxygens (including phenoxy) is 2. The molecule has 0 aliphatic rings. The highest BCUT2D eigenvalue weighted by molar-refractivity contribution is 9.09. The van der Waals surface area contributed by atoms with Gasteiger partial charge in [-0.3, -0.25) is 0 Å². The molecule has 0 aromatic carbocycles. The summed E-state index contributed by atoms with van der Waals surface area (Å²) < 4.78 is 10.1. The maximum absolute atomic E-state index is 5.04. The lowest BCUT2D eigenvalue weighted by Crippen LogP contribution is -2.24. The highest BCUT2D eigenvalue weighted by Crippen LogP contribution is 2.14. The second kappa shape index (κ2) is 6.13. The van der Waals surface area contributed by atoms with Gasteiger partial charge in [0, 0.05) is 14.2 Å². The van der Waals surface area contributed by atoms with Gasteiger partial charge in [0.25, 0.3) is 0 Å². The summed E-state index contributed by atoms with van der Waals surface area (Å²) >= 11 is 3.47. The summed E-state index contributed by atoms with van der Waals surface area (Å²) in [5.41, 5.74) is 0. The number of hydrogen-bond donors (Lipinski definition) is 0. The normalized spacial score (nSPS) is 14.1. The molecule has 0 heterocycles. The van der Waals surface area contributed by atoms with Crippen LogP contribution in [-0.2, 0) is 9.47 Å². The highest BCUT2D eigenvalue weighted by Gasteiger charge is 2.15. The number of methoxy groups -OCH3 is 2. The summed E-state index contributed by atoms with van der Waals surface area (Å²) in [5, 5.41) is 0. The molecule has 0 spiro atoms. The van der Waals surface area contributed by atoms with Gasteiger partial charge < -0.3 is 9.47 Å². The van der Waals surface area contributed by atoms with E-state index < -0.39 is 0 Å². The summed E-state index contributed by atoms with van der Waals surface area (Å²) in [6.07, 6.45) is 2.10. The minimum atomic E-state index is -0.111. The first-order chi connectivity index (χ1) is 4.76. The number of hydrogen-bond acceptors (Lipinski definition) is 2. The molecule has 0 aliphatic heterocycles. The van der Waals surface area contributed by atoms with E-state index in [0.29, 0.717) is 4.83 Å². The van der Waals surface area contributed by atoms with Gasteiger partial charge in [-0.25, -0.2) is 0 Å². The Labute approximate surface area is 71.0 Å². The number of halogens is 1. The van der Waals surface area contributed by atoms with E-state index in [9.17, 15) is 0 Å². The monoisotopic (exact) mass is 210 g/mol. The zero-order chi connectivity index (χ0) is 7.98. The smallest absolute Gasteiger partial charge is 0.169 e. The van der Waals surface area contributed by atoms with Crippen LogP contribution in [0.25, 0.3) is 0 Å². The maximum Gasteiger partial charge on any atom is 0.169 e. The molecule has 0 radical (unpaired) electrons. The quantitative estimate of drug-likeness (QED) is 0.512. The zero-order valence-electron chi connectivity index (χ0n) is 6.76. The van der Waals surface area contributed by atoms with Crippen LogP contribution in [0.2, 0.25) is 0 Å². The first-order valence-electron chi connectivity index (χ1n) is 3.45. The first kappa shape index (κ1) is 10.4. The zero-order valence-corrected chi connectivity index (χ0v) is 8.35. The van der Waals surface area contributed by atoms with Crippen molar-refractivity contribution in [2.75, 3.05) is 14.2 Å². The van der Waals surface area contributed by atoms with Gasteiger partial charge in [-0.05, 0) is 6.42 Å². The molecule has 0 amide bonds. The number of alkyl halides is 1. The summed E-state index contributed by atoms with van der Waals surface area (Å²) in [6.45, 7) is 2.14. The van der Waals surface area contributed by atoms with Crippen LogP contribution in [0.15, 0.2) is 0 Å². The minimum Gasteiger partial charge on any atom is -0.355 e. The van der Waals surface area contributed by atoms with Gasteiger partial charge in [0.1, 0.15) is 0 Å². The third-order valence-electron chi connectivity index (χ3n) is 1.32. The van der Waals surface area contributed by atoms with Crippen molar-refractivity contribution in [3.05, 3.63) is 0 Å². The standard InChI is InChI=1S/C7H15BrO2/c1-4-5-6(8)7(9-2)10-3/h6-7H,4-5H2,1-3H3. The molecule has 10 heavy (non-hydrogen) atoms. The Morgan fingerprint density at radius 2 is 1.80 bits per heavy atom. The van der Waals surface area contributed by atoms with Gasteiger partial charge in [0.15, 0.2) is 6.29 Å². The van der Waals surface area contributed by atoms with Crippen LogP contribution in [0.3, 0.4) is 0 Å². The van der Waals surface area contributed by atoms with Gasteiger partial charge in [0.05, 0.1) is 4.83 Å². The lowest BCUT2D eigenvalue weighted by Gasteiger charge is -2.18. The molecule has 0 aromatic rings. The van der Waals surface area contributed by atoms with Crippen LogP contribution in [-0.4, -0.2) is 25.3 Å². The Kier molecular flexibility index (Phi) is 6.38. The van der Waals surface area contributed by atoms with Crippen molar-refractivity contribution in [1.82, 2.24) is 0 Å². The van der Waals surface area contributed by atoms with Crippen LogP contribution in [0.4, 0.5) is 0 Å². The molecule has 0 rings (SSSR count). The Morgan fingerprint density at radius 1 is 1.30 bits per heavy atom. The fourth-order valence-corrected chi connectivity index (χ4v) is 1.69. The van der Waals surface area contributed by atoms with Crippen molar-refractivity contribution in [1.29, 1.82) is 0 Å². The lowest BCUT2D eigenvalue weighted by atomic mass is 10.2. The highest BCUT2D eigenvalue weighted by atomic mass is 79.9. The Morgan fingerprint density at radius 3 is 2.10 bits per heavy atom. The molecule has 0 aliphatic carbocycles. The fraction of sp³-hybridized carbons (Fsp3) is 1.00. The Balaban J connectivity index is 3.53. The average molecular weight is 211 g/mol. The fourth-order valence-electron chi connectivity index (χ4n) is 0.803. The molecule has 0 saturated heterocycles. The minimum absolute atomic E-state index is 0.111. The molecule has 62 valence electrons. The SMILES string of the molecule is CCCC(Br)C(OC)OC.